The zero-order valence-corrected chi connectivity index (χ0v) is 34.7. The Kier molecular flexibility index (Phi) is 11.9. The van der Waals surface area contributed by atoms with Gasteiger partial charge >= 0.3 is 17.9 Å². The molecule has 5 aliphatic rings. The minimum atomic E-state index is -1.31. The lowest BCUT2D eigenvalue weighted by atomic mass is 9.43. The van der Waals surface area contributed by atoms with Gasteiger partial charge < -0.3 is 28.8 Å². The van der Waals surface area contributed by atoms with Crippen LogP contribution in [0, 0.1) is 44.6 Å². The topological polar surface area (TPSA) is 161 Å². The van der Waals surface area contributed by atoms with Crippen LogP contribution in [0.15, 0.2) is 91.0 Å². The second kappa shape index (κ2) is 17.0. The molecule has 5 fully saturated rings. The summed E-state index contributed by atoms with van der Waals surface area (Å²) in [6.45, 7) is 6.23. The number of aliphatic hydroxyl groups is 1. The Bertz CT molecular complexity index is 2020. The van der Waals surface area contributed by atoms with E-state index in [9.17, 15) is 29.6 Å². The molecule has 0 unspecified atom stereocenters. The normalized spacial score (nSPS) is 37.1. The summed E-state index contributed by atoms with van der Waals surface area (Å²) in [5, 5.41) is 23.9. The van der Waals surface area contributed by atoms with E-state index in [-0.39, 0.29) is 51.4 Å². The van der Waals surface area contributed by atoms with Gasteiger partial charge in [-0.2, -0.15) is 0 Å². The molecular weight excluding hydrogens is 767 g/mol. The highest BCUT2D eigenvalue weighted by molar-refractivity contribution is 5.91. The van der Waals surface area contributed by atoms with Gasteiger partial charge in [0.2, 0.25) is 6.54 Å². The van der Waals surface area contributed by atoms with Crippen LogP contribution in [0.2, 0.25) is 0 Å². The summed E-state index contributed by atoms with van der Waals surface area (Å²) in [4.78, 5) is 52.2. The number of hydrogen-bond donors (Lipinski definition) is 1. The molecule has 0 bridgehead atoms. The van der Waals surface area contributed by atoms with E-state index in [1.54, 1.807) is 97.9 Å². The van der Waals surface area contributed by atoms with Crippen molar-refractivity contribution < 1.29 is 48.1 Å². The molecule has 12 heteroatoms. The first-order valence-corrected chi connectivity index (χ1v) is 21.7. The number of ether oxygens (including phenoxy) is 5. The van der Waals surface area contributed by atoms with Crippen LogP contribution < -0.4 is 0 Å². The maximum Gasteiger partial charge on any atom is 0.338 e. The van der Waals surface area contributed by atoms with Gasteiger partial charge in [0.05, 0.1) is 34.5 Å². The van der Waals surface area contributed by atoms with Crippen LogP contribution in [0.3, 0.4) is 0 Å². The first-order valence-electron chi connectivity index (χ1n) is 21.7. The van der Waals surface area contributed by atoms with Crippen molar-refractivity contribution in [3.63, 3.8) is 0 Å². The third kappa shape index (κ3) is 7.86. The standard InChI is InChI=1S/C48H57NO11/c1-30-39(58-42(50)31-13-7-4-8-14-31)40(59-43(51)32-15-9-5-10-16-32)41(60-44(52)33-17-11-6-12-18-33)45(56-30)57-36-22-25-46(2)35(29-36)19-20-38-37(46)23-26-47(3)34(24-28-49(54)55)21-27-48(38,47)53/h4-18,30,34-41,45,53H,19-29H2,1-3H3/t30-,34+,35+,36-,37-,38+,39-,40+,41+,45+,46-,47+,48-/m0/s1. The molecule has 3 aromatic rings. The van der Waals surface area contributed by atoms with Crippen molar-refractivity contribution in [1.29, 1.82) is 0 Å². The third-order valence-corrected chi connectivity index (χ3v) is 15.5. The Labute approximate surface area is 351 Å². The smallest absolute Gasteiger partial charge is 0.338 e. The van der Waals surface area contributed by atoms with Crippen molar-refractivity contribution in [2.45, 2.75) is 127 Å². The molecule has 320 valence electrons. The highest BCUT2D eigenvalue weighted by Gasteiger charge is 2.67. The van der Waals surface area contributed by atoms with Crippen molar-refractivity contribution >= 4 is 17.9 Å². The van der Waals surface area contributed by atoms with Crippen LogP contribution in [0.5, 0.6) is 0 Å². The third-order valence-electron chi connectivity index (χ3n) is 15.5. The molecule has 0 radical (unpaired) electrons. The van der Waals surface area contributed by atoms with Gasteiger partial charge in [-0.25, -0.2) is 14.4 Å². The van der Waals surface area contributed by atoms with Gasteiger partial charge in [0.15, 0.2) is 24.6 Å². The number of nitrogens with zero attached hydrogens (tertiary/aromatic N) is 1. The summed E-state index contributed by atoms with van der Waals surface area (Å²) in [6, 6.07) is 25.4. The van der Waals surface area contributed by atoms with Crippen molar-refractivity contribution in [2.24, 2.45) is 34.5 Å². The molecule has 1 heterocycles. The molecule has 60 heavy (non-hydrogen) atoms. The summed E-state index contributed by atoms with van der Waals surface area (Å²) >= 11 is 0. The number of rotatable bonds is 11. The van der Waals surface area contributed by atoms with E-state index in [1.165, 1.54) is 0 Å². The van der Waals surface area contributed by atoms with Crippen LogP contribution in [-0.4, -0.2) is 76.9 Å². The lowest BCUT2D eigenvalue weighted by molar-refractivity contribution is -0.482. The van der Waals surface area contributed by atoms with Gasteiger partial charge in [0, 0.05) is 11.3 Å². The van der Waals surface area contributed by atoms with E-state index < -0.39 is 54.2 Å². The van der Waals surface area contributed by atoms with Crippen LogP contribution >= 0.6 is 0 Å². The number of fused-ring (bicyclic) bond motifs is 5. The molecular formula is C48H57NO11. The highest BCUT2D eigenvalue weighted by Crippen LogP contribution is 2.69. The molecule has 4 saturated carbocycles. The van der Waals surface area contributed by atoms with E-state index in [0.29, 0.717) is 36.7 Å². The number of hydrogen-bond acceptors (Lipinski definition) is 11. The van der Waals surface area contributed by atoms with Gasteiger partial charge in [-0.15, -0.1) is 0 Å². The fourth-order valence-corrected chi connectivity index (χ4v) is 12.1. The number of carbonyl (C=O) groups excluding carboxylic acids is 3. The fourth-order valence-electron chi connectivity index (χ4n) is 12.1. The predicted octanol–water partition coefficient (Wildman–Crippen LogP) is 8.23. The predicted molar refractivity (Wildman–Crippen MR) is 219 cm³/mol. The monoisotopic (exact) mass is 823 g/mol. The zero-order valence-electron chi connectivity index (χ0n) is 34.7. The van der Waals surface area contributed by atoms with E-state index in [0.717, 1.165) is 44.9 Å². The van der Waals surface area contributed by atoms with E-state index in [1.807, 2.05) is 0 Å². The van der Waals surface area contributed by atoms with Crippen LogP contribution in [0.4, 0.5) is 0 Å². The van der Waals surface area contributed by atoms with Crippen molar-refractivity contribution in [2.75, 3.05) is 6.54 Å². The molecule has 8 rings (SSSR count). The molecule has 1 saturated heterocycles. The summed E-state index contributed by atoms with van der Waals surface area (Å²) in [5.74, 6) is -1.11. The maximum atomic E-state index is 13.8. The van der Waals surface area contributed by atoms with Gasteiger partial charge in [-0.3, -0.25) is 10.1 Å². The van der Waals surface area contributed by atoms with Crippen LogP contribution in [0.1, 0.15) is 116 Å². The zero-order chi connectivity index (χ0) is 42.2. The van der Waals surface area contributed by atoms with E-state index in [2.05, 4.69) is 13.8 Å². The summed E-state index contributed by atoms with van der Waals surface area (Å²) < 4.78 is 31.9. The van der Waals surface area contributed by atoms with Crippen LogP contribution in [0.25, 0.3) is 0 Å². The second-order valence-corrected chi connectivity index (χ2v) is 18.4. The van der Waals surface area contributed by atoms with Gasteiger partial charge in [0.25, 0.3) is 0 Å². The average Bonchev–Trinajstić information content (AvgIpc) is 3.53. The fraction of sp³-hybridized carbons (Fsp3) is 0.562. The van der Waals surface area contributed by atoms with Gasteiger partial charge in [-0.05, 0) is 136 Å². The Hall–Kier alpha value is -4.65. The SMILES string of the molecule is C[C@@H]1O[C@H](O[C@H]2CC[C@@]3(C)[C@H](CC[C@@H]4[C@@H]3CC[C@]3(C)[C@@H](CC[N+](=O)[O-])CC[C@]43O)C2)[C@H](OC(=O)c2ccccc2)[C@H](OC(=O)c2ccccc2)[C@H]1OC(=O)c1ccccc1. The first kappa shape index (κ1) is 42.1. The molecule has 1 N–H and O–H groups in total. The van der Waals surface area contributed by atoms with Crippen molar-refractivity contribution in [3.8, 4) is 0 Å². The Morgan fingerprint density at radius 1 is 0.717 bits per heavy atom. The number of carbonyl (C=O) groups is 3. The number of benzene rings is 3. The van der Waals surface area contributed by atoms with Crippen molar-refractivity contribution in [1.82, 2.24) is 0 Å². The minimum absolute atomic E-state index is 0.0386. The maximum absolute atomic E-state index is 13.8. The number of esters is 3. The summed E-state index contributed by atoms with van der Waals surface area (Å²) in [6.07, 6.45) is 1.91. The first-order chi connectivity index (χ1) is 28.8. The number of nitro groups is 1. The quantitative estimate of drug-likeness (QED) is 0.0652. The minimum Gasteiger partial charge on any atom is -0.452 e. The molecule has 13 atom stereocenters. The summed E-state index contributed by atoms with van der Waals surface area (Å²) in [7, 11) is 0. The lowest BCUT2D eigenvalue weighted by Crippen LogP contribution is -2.63. The largest absolute Gasteiger partial charge is 0.452 e. The van der Waals surface area contributed by atoms with Crippen molar-refractivity contribution in [3.05, 3.63) is 118 Å². The average molecular weight is 824 g/mol. The highest BCUT2D eigenvalue weighted by atomic mass is 16.7. The Morgan fingerprint density at radius 3 is 1.83 bits per heavy atom. The van der Waals surface area contributed by atoms with Gasteiger partial charge in [0.1, 0.15) is 0 Å². The molecule has 0 spiro atoms. The summed E-state index contributed by atoms with van der Waals surface area (Å²) in [5.41, 5.74) is -0.359. The lowest BCUT2D eigenvalue weighted by Gasteiger charge is -2.63. The molecule has 0 aromatic heterocycles. The van der Waals surface area contributed by atoms with E-state index in [4.69, 9.17) is 23.7 Å². The second-order valence-electron chi connectivity index (χ2n) is 18.4. The van der Waals surface area contributed by atoms with Crippen LogP contribution in [-0.2, 0) is 23.7 Å². The van der Waals surface area contributed by atoms with E-state index >= 15 is 0 Å². The molecule has 1 aliphatic heterocycles. The van der Waals surface area contributed by atoms with Gasteiger partial charge in [-0.1, -0.05) is 68.4 Å². The molecule has 12 nitrogen and oxygen atoms in total. The molecule has 4 aliphatic carbocycles. The molecule has 0 amide bonds. The Balaban J connectivity index is 1.04. The molecule has 3 aromatic carbocycles. The Morgan fingerprint density at radius 2 is 1.27 bits per heavy atom.